The van der Waals surface area contributed by atoms with Crippen LogP contribution in [0.4, 0.5) is 10.3 Å². The van der Waals surface area contributed by atoms with Gasteiger partial charge < -0.3 is 5.73 Å². The molecule has 1 aromatic heterocycles. The molecule has 102 valence electrons. The average molecular weight is 301 g/mol. The summed E-state index contributed by atoms with van der Waals surface area (Å²) in [5.74, 6) is 0.481. The van der Waals surface area contributed by atoms with Gasteiger partial charge in [-0.15, -0.1) is 10.2 Å². The summed E-state index contributed by atoms with van der Waals surface area (Å²) in [5.41, 5.74) is 6.48. The molecule has 0 spiro atoms. The van der Waals surface area contributed by atoms with Gasteiger partial charge >= 0.3 is 0 Å². The lowest BCUT2D eigenvalue weighted by molar-refractivity contribution is 0.557. The van der Waals surface area contributed by atoms with Gasteiger partial charge in [0.05, 0.1) is 5.02 Å². The van der Waals surface area contributed by atoms with Gasteiger partial charge in [0.2, 0.25) is 5.95 Å². The van der Waals surface area contributed by atoms with Crippen LogP contribution in [0.2, 0.25) is 5.02 Å². The lowest BCUT2D eigenvalue weighted by Crippen LogP contribution is -2.07. The standard InChI is InChI=1S/C12H14ClFN4S/c1-7(2)18-11(15)16-17-12(18)19-6-8-4-3-5-9(14)10(8)13/h3-5,7H,6H2,1-2H3,(H2,15,16). The summed E-state index contributed by atoms with van der Waals surface area (Å²) < 4.78 is 15.2. The number of nitrogens with zero attached hydrogens (tertiary/aromatic N) is 3. The normalized spacial score (nSPS) is 11.2. The number of nitrogen functional groups attached to an aromatic ring is 1. The average Bonchev–Trinajstić information content (AvgIpc) is 2.72. The molecule has 0 fully saturated rings. The molecule has 0 saturated carbocycles. The van der Waals surface area contributed by atoms with E-state index in [4.69, 9.17) is 17.3 Å². The Hall–Kier alpha value is -1.27. The molecule has 1 heterocycles. The van der Waals surface area contributed by atoms with E-state index in [1.54, 1.807) is 12.1 Å². The van der Waals surface area contributed by atoms with Crippen LogP contribution in [-0.4, -0.2) is 14.8 Å². The van der Waals surface area contributed by atoms with Crippen molar-refractivity contribution in [3.05, 3.63) is 34.6 Å². The van der Waals surface area contributed by atoms with E-state index in [9.17, 15) is 4.39 Å². The molecule has 2 rings (SSSR count). The summed E-state index contributed by atoms with van der Waals surface area (Å²) >= 11 is 7.34. The van der Waals surface area contributed by atoms with Crippen molar-refractivity contribution in [3.8, 4) is 0 Å². The monoisotopic (exact) mass is 300 g/mol. The van der Waals surface area contributed by atoms with Crippen molar-refractivity contribution >= 4 is 29.3 Å². The van der Waals surface area contributed by atoms with Gasteiger partial charge in [0.15, 0.2) is 5.16 Å². The highest BCUT2D eigenvalue weighted by Gasteiger charge is 2.14. The molecule has 0 amide bonds. The Bertz CT molecular complexity index is 585. The van der Waals surface area contributed by atoms with Crippen LogP contribution in [-0.2, 0) is 5.75 Å². The van der Waals surface area contributed by atoms with Crippen LogP contribution in [0.25, 0.3) is 0 Å². The highest BCUT2D eigenvalue weighted by Crippen LogP contribution is 2.29. The fourth-order valence-corrected chi connectivity index (χ4v) is 3.01. The van der Waals surface area contributed by atoms with Crippen molar-refractivity contribution in [1.82, 2.24) is 14.8 Å². The number of rotatable bonds is 4. The number of hydrogen-bond donors (Lipinski definition) is 1. The number of aromatic nitrogens is 3. The van der Waals surface area contributed by atoms with Crippen LogP contribution in [0.3, 0.4) is 0 Å². The Morgan fingerprint density at radius 3 is 2.84 bits per heavy atom. The van der Waals surface area contributed by atoms with E-state index in [0.29, 0.717) is 16.9 Å². The van der Waals surface area contributed by atoms with E-state index in [2.05, 4.69) is 10.2 Å². The van der Waals surface area contributed by atoms with E-state index in [-0.39, 0.29) is 11.1 Å². The van der Waals surface area contributed by atoms with Crippen molar-refractivity contribution in [2.45, 2.75) is 30.8 Å². The number of thioether (sulfide) groups is 1. The highest BCUT2D eigenvalue weighted by atomic mass is 35.5. The fourth-order valence-electron chi connectivity index (χ4n) is 1.67. The van der Waals surface area contributed by atoms with Crippen molar-refractivity contribution in [2.75, 3.05) is 5.73 Å². The minimum absolute atomic E-state index is 0.151. The maximum Gasteiger partial charge on any atom is 0.222 e. The summed E-state index contributed by atoms with van der Waals surface area (Å²) in [7, 11) is 0. The smallest absolute Gasteiger partial charge is 0.222 e. The Labute approximate surface area is 120 Å². The maximum atomic E-state index is 13.3. The molecule has 4 nitrogen and oxygen atoms in total. The van der Waals surface area contributed by atoms with E-state index in [1.807, 2.05) is 18.4 Å². The number of anilines is 1. The van der Waals surface area contributed by atoms with E-state index in [1.165, 1.54) is 17.8 Å². The van der Waals surface area contributed by atoms with Gasteiger partial charge in [-0.25, -0.2) is 4.39 Å². The van der Waals surface area contributed by atoms with Gasteiger partial charge in [-0.1, -0.05) is 35.5 Å². The molecular formula is C12H14ClFN4S. The molecule has 19 heavy (non-hydrogen) atoms. The van der Waals surface area contributed by atoms with Crippen LogP contribution in [0, 0.1) is 5.82 Å². The summed E-state index contributed by atoms with van der Waals surface area (Å²) in [6.07, 6.45) is 0. The molecule has 2 aromatic rings. The SMILES string of the molecule is CC(C)n1c(N)nnc1SCc1cccc(F)c1Cl. The number of hydrogen-bond acceptors (Lipinski definition) is 4. The zero-order chi connectivity index (χ0) is 14.0. The molecule has 2 N–H and O–H groups in total. The van der Waals surface area contributed by atoms with Crippen molar-refractivity contribution in [2.24, 2.45) is 0 Å². The molecule has 7 heteroatoms. The second-order valence-electron chi connectivity index (χ2n) is 4.31. The zero-order valence-electron chi connectivity index (χ0n) is 10.6. The molecule has 0 aliphatic carbocycles. The summed E-state index contributed by atoms with van der Waals surface area (Å²) in [5, 5.41) is 8.72. The molecule has 1 aromatic carbocycles. The Kier molecular flexibility index (Phi) is 4.31. The molecular weight excluding hydrogens is 287 g/mol. The van der Waals surface area contributed by atoms with Gasteiger partial charge in [-0.2, -0.15) is 0 Å². The molecule has 0 aliphatic heterocycles. The van der Waals surface area contributed by atoms with Gasteiger partial charge in [0.1, 0.15) is 5.82 Å². The van der Waals surface area contributed by atoms with Crippen LogP contribution < -0.4 is 5.73 Å². The lowest BCUT2D eigenvalue weighted by atomic mass is 10.2. The Morgan fingerprint density at radius 1 is 1.42 bits per heavy atom. The first-order valence-electron chi connectivity index (χ1n) is 5.76. The van der Waals surface area contributed by atoms with E-state index in [0.717, 1.165) is 5.56 Å². The van der Waals surface area contributed by atoms with Crippen LogP contribution >= 0.6 is 23.4 Å². The fraction of sp³-hybridized carbons (Fsp3) is 0.333. The molecule has 0 bridgehead atoms. The van der Waals surface area contributed by atoms with Crippen molar-refractivity contribution in [1.29, 1.82) is 0 Å². The van der Waals surface area contributed by atoms with Gasteiger partial charge in [0, 0.05) is 11.8 Å². The molecule has 0 radical (unpaired) electrons. The number of halogens is 2. The number of nitrogens with two attached hydrogens (primary N) is 1. The summed E-state index contributed by atoms with van der Waals surface area (Å²) in [6, 6.07) is 4.93. The minimum Gasteiger partial charge on any atom is -0.368 e. The maximum absolute atomic E-state index is 13.3. The third-order valence-corrected chi connectivity index (χ3v) is 4.01. The quantitative estimate of drug-likeness (QED) is 0.878. The summed E-state index contributed by atoms with van der Waals surface area (Å²) in [4.78, 5) is 0. The van der Waals surface area contributed by atoms with Crippen molar-refractivity contribution in [3.63, 3.8) is 0 Å². The third-order valence-electron chi connectivity index (χ3n) is 2.60. The predicted octanol–water partition coefficient (Wildman–Crippen LogP) is 3.53. The van der Waals surface area contributed by atoms with Gasteiger partial charge in [-0.3, -0.25) is 4.57 Å². The predicted molar refractivity (Wildman–Crippen MR) is 75.8 cm³/mol. The Balaban J connectivity index is 2.17. The molecule has 0 atom stereocenters. The second-order valence-corrected chi connectivity index (χ2v) is 5.63. The van der Waals surface area contributed by atoms with Crippen LogP contribution in [0.15, 0.2) is 23.4 Å². The number of benzene rings is 1. The highest BCUT2D eigenvalue weighted by molar-refractivity contribution is 7.98. The zero-order valence-corrected chi connectivity index (χ0v) is 12.2. The van der Waals surface area contributed by atoms with Gasteiger partial charge in [-0.05, 0) is 25.5 Å². The van der Waals surface area contributed by atoms with E-state index >= 15 is 0 Å². The third kappa shape index (κ3) is 3.01. The summed E-state index contributed by atoms with van der Waals surface area (Å²) in [6.45, 7) is 4.00. The Morgan fingerprint density at radius 2 is 2.16 bits per heavy atom. The molecule has 0 saturated heterocycles. The van der Waals surface area contributed by atoms with Gasteiger partial charge in [0.25, 0.3) is 0 Å². The first-order valence-corrected chi connectivity index (χ1v) is 7.13. The van der Waals surface area contributed by atoms with Crippen molar-refractivity contribution < 1.29 is 4.39 Å². The minimum atomic E-state index is -0.412. The topological polar surface area (TPSA) is 56.7 Å². The first kappa shape index (κ1) is 14.1. The second kappa shape index (κ2) is 5.79. The van der Waals surface area contributed by atoms with E-state index < -0.39 is 5.82 Å². The largest absolute Gasteiger partial charge is 0.368 e. The van der Waals surface area contributed by atoms with Crippen LogP contribution in [0.5, 0.6) is 0 Å². The lowest BCUT2D eigenvalue weighted by Gasteiger charge is -2.11. The molecule has 0 aliphatic rings. The first-order chi connectivity index (χ1) is 9.00. The van der Waals surface area contributed by atoms with Crippen LogP contribution in [0.1, 0.15) is 25.5 Å². The molecule has 0 unspecified atom stereocenters.